The van der Waals surface area contributed by atoms with Gasteiger partial charge >= 0.3 is 0 Å². The molecular formula is C42H28N4O2. The van der Waals surface area contributed by atoms with Crippen LogP contribution in [0.1, 0.15) is 29.0 Å². The van der Waals surface area contributed by atoms with E-state index in [2.05, 4.69) is 114 Å². The van der Waals surface area contributed by atoms with Crippen LogP contribution >= 0.6 is 0 Å². The number of nitrogens with one attached hydrogen (secondary N) is 2. The fourth-order valence-electron chi connectivity index (χ4n) is 7.07. The third-order valence-corrected chi connectivity index (χ3v) is 9.39. The van der Waals surface area contributed by atoms with Crippen molar-refractivity contribution in [2.75, 3.05) is 0 Å². The molecular weight excluding hydrogens is 592 g/mol. The maximum Gasteiger partial charge on any atom is 0.154 e. The second-order valence-electron chi connectivity index (χ2n) is 12.3. The minimum Gasteiger partial charge on any atom is -0.455 e. The van der Waals surface area contributed by atoms with Crippen molar-refractivity contribution < 1.29 is 8.83 Å². The SMILES string of the molecule is c1ccc(C2NC(c3cccc4oc5cc(-c6cccc7c6oc6ccccc67)cnc5c34)=NC(c3ccc4ccccc4c3)N2)cc1. The molecule has 6 heteroatoms. The van der Waals surface area contributed by atoms with Crippen molar-refractivity contribution in [1.29, 1.82) is 0 Å². The first-order valence-corrected chi connectivity index (χ1v) is 16.1. The fourth-order valence-corrected chi connectivity index (χ4v) is 7.07. The van der Waals surface area contributed by atoms with E-state index < -0.39 is 0 Å². The zero-order chi connectivity index (χ0) is 31.6. The van der Waals surface area contributed by atoms with Crippen LogP contribution in [0.2, 0.25) is 0 Å². The van der Waals surface area contributed by atoms with E-state index in [1.54, 1.807) is 0 Å². The molecule has 0 fully saturated rings. The predicted octanol–water partition coefficient (Wildman–Crippen LogP) is 10.0. The Morgan fingerprint density at radius 3 is 2.27 bits per heavy atom. The second-order valence-corrected chi connectivity index (χ2v) is 12.3. The molecule has 4 heterocycles. The number of hydrogen-bond acceptors (Lipinski definition) is 6. The van der Waals surface area contributed by atoms with Crippen LogP contribution in [0.15, 0.2) is 160 Å². The number of rotatable bonds is 4. The lowest BCUT2D eigenvalue weighted by Crippen LogP contribution is -2.45. The molecule has 1 aliphatic heterocycles. The number of nitrogens with zero attached hydrogens (tertiary/aromatic N) is 2. The second kappa shape index (κ2) is 10.7. The van der Waals surface area contributed by atoms with Crippen LogP contribution in [0.5, 0.6) is 0 Å². The zero-order valence-electron chi connectivity index (χ0n) is 25.7. The largest absolute Gasteiger partial charge is 0.455 e. The van der Waals surface area contributed by atoms with Crippen molar-refractivity contribution in [3.05, 3.63) is 162 Å². The molecule has 0 aliphatic carbocycles. The first kappa shape index (κ1) is 26.9. The molecule has 0 bridgehead atoms. The summed E-state index contributed by atoms with van der Waals surface area (Å²) in [5, 5.41) is 12.9. The smallest absolute Gasteiger partial charge is 0.154 e. The van der Waals surface area contributed by atoms with Gasteiger partial charge in [0.15, 0.2) is 5.58 Å². The molecule has 6 aromatic carbocycles. The third-order valence-electron chi connectivity index (χ3n) is 9.39. The maximum atomic E-state index is 6.50. The molecule has 0 spiro atoms. The first-order valence-electron chi connectivity index (χ1n) is 16.1. The highest BCUT2D eigenvalue weighted by Gasteiger charge is 2.27. The highest BCUT2D eigenvalue weighted by Crippen LogP contribution is 2.38. The Balaban J connectivity index is 1.11. The summed E-state index contributed by atoms with van der Waals surface area (Å²) in [5.41, 5.74) is 9.06. The van der Waals surface area contributed by atoms with Crippen LogP contribution in [0.3, 0.4) is 0 Å². The number of aliphatic imine (C=N–C) groups is 1. The van der Waals surface area contributed by atoms with Crippen molar-refractivity contribution in [3.63, 3.8) is 0 Å². The van der Waals surface area contributed by atoms with Gasteiger partial charge < -0.3 is 14.2 Å². The number of aromatic nitrogens is 1. The Labute approximate surface area is 275 Å². The molecule has 228 valence electrons. The molecule has 0 amide bonds. The lowest BCUT2D eigenvalue weighted by Gasteiger charge is -2.32. The molecule has 1 aliphatic rings. The van der Waals surface area contributed by atoms with Crippen LogP contribution in [-0.4, -0.2) is 10.8 Å². The molecule has 9 aromatic rings. The fraction of sp³-hybridized carbons (Fsp3) is 0.0476. The highest BCUT2D eigenvalue weighted by molar-refractivity contribution is 6.17. The number of furan rings is 2. The summed E-state index contributed by atoms with van der Waals surface area (Å²) in [5.74, 6) is 0.784. The molecule has 48 heavy (non-hydrogen) atoms. The summed E-state index contributed by atoms with van der Waals surface area (Å²) in [6.45, 7) is 0. The van der Waals surface area contributed by atoms with Crippen molar-refractivity contribution in [2.24, 2.45) is 4.99 Å². The third kappa shape index (κ3) is 4.31. The molecule has 0 saturated heterocycles. The van der Waals surface area contributed by atoms with Gasteiger partial charge in [-0.05, 0) is 46.2 Å². The van der Waals surface area contributed by atoms with E-state index in [1.165, 1.54) is 10.8 Å². The molecule has 2 atom stereocenters. The maximum absolute atomic E-state index is 6.50. The monoisotopic (exact) mass is 620 g/mol. The van der Waals surface area contributed by atoms with Gasteiger partial charge in [-0.2, -0.15) is 0 Å². The quantitative estimate of drug-likeness (QED) is 0.205. The summed E-state index contributed by atoms with van der Waals surface area (Å²) in [6, 6.07) is 47.9. The molecule has 10 rings (SSSR count). The number of fused-ring (bicyclic) bond motifs is 7. The average molecular weight is 621 g/mol. The number of amidine groups is 1. The average Bonchev–Trinajstić information content (AvgIpc) is 3.73. The Hall–Kier alpha value is -6.24. The molecule has 2 unspecified atom stereocenters. The van der Waals surface area contributed by atoms with Crippen molar-refractivity contribution >= 4 is 60.6 Å². The lowest BCUT2D eigenvalue weighted by atomic mass is 10.0. The van der Waals surface area contributed by atoms with Crippen molar-refractivity contribution in [3.8, 4) is 11.1 Å². The molecule has 0 saturated carbocycles. The predicted molar refractivity (Wildman–Crippen MR) is 193 cm³/mol. The van der Waals surface area contributed by atoms with E-state index in [4.69, 9.17) is 18.8 Å². The van der Waals surface area contributed by atoms with Crippen LogP contribution in [0.4, 0.5) is 0 Å². The van der Waals surface area contributed by atoms with E-state index in [-0.39, 0.29) is 12.3 Å². The number of pyridine rings is 1. The van der Waals surface area contributed by atoms with Gasteiger partial charge in [-0.15, -0.1) is 0 Å². The van der Waals surface area contributed by atoms with Gasteiger partial charge in [-0.25, -0.2) is 4.99 Å². The molecule has 3 aromatic heterocycles. The summed E-state index contributed by atoms with van der Waals surface area (Å²) >= 11 is 0. The van der Waals surface area contributed by atoms with Crippen LogP contribution in [0, 0.1) is 0 Å². The van der Waals surface area contributed by atoms with Crippen LogP contribution in [0.25, 0.3) is 65.9 Å². The number of hydrogen-bond donors (Lipinski definition) is 2. The van der Waals surface area contributed by atoms with E-state index in [0.29, 0.717) is 5.58 Å². The summed E-state index contributed by atoms with van der Waals surface area (Å²) in [7, 11) is 0. The van der Waals surface area contributed by atoms with Crippen LogP contribution in [-0.2, 0) is 0 Å². The Morgan fingerprint density at radius 1 is 0.562 bits per heavy atom. The zero-order valence-corrected chi connectivity index (χ0v) is 25.7. The van der Waals surface area contributed by atoms with E-state index in [0.717, 1.165) is 72.1 Å². The topological polar surface area (TPSA) is 75.6 Å². The summed E-state index contributed by atoms with van der Waals surface area (Å²) < 4.78 is 12.8. The van der Waals surface area contributed by atoms with Crippen molar-refractivity contribution in [2.45, 2.75) is 12.3 Å². The Kier molecular flexibility index (Phi) is 5.98. The lowest BCUT2D eigenvalue weighted by molar-refractivity contribution is 0.409. The van der Waals surface area contributed by atoms with Gasteiger partial charge in [0.2, 0.25) is 0 Å². The molecule has 6 nitrogen and oxygen atoms in total. The standard InChI is InChI=1S/C42H28N4O2/c1-2-11-26(12-3-1)40-44-41(28-21-20-25-10-4-5-13-27(25)22-28)46-42(45-40)33-17-9-19-35-37(33)38-36(47-35)23-29(24-43-38)30-15-8-16-32-31-14-6-7-18-34(31)48-39(30)32/h1-24,40-41,44H,(H,45,46). The van der Waals surface area contributed by atoms with Gasteiger partial charge in [0, 0.05) is 33.7 Å². The van der Waals surface area contributed by atoms with Crippen molar-refractivity contribution in [1.82, 2.24) is 15.6 Å². The molecule has 2 N–H and O–H groups in total. The number of para-hydroxylation sites is 2. The highest BCUT2D eigenvalue weighted by atomic mass is 16.3. The van der Waals surface area contributed by atoms with Gasteiger partial charge in [0.1, 0.15) is 40.4 Å². The van der Waals surface area contributed by atoms with Crippen LogP contribution < -0.4 is 10.6 Å². The number of benzene rings is 6. The minimum atomic E-state index is -0.270. The minimum absolute atomic E-state index is 0.160. The van der Waals surface area contributed by atoms with Gasteiger partial charge in [-0.1, -0.05) is 115 Å². The molecule has 0 radical (unpaired) electrons. The first-order chi connectivity index (χ1) is 23.8. The van der Waals surface area contributed by atoms with Gasteiger partial charge in [-0.3, -0.25) is 10.3 Å². The van der Waals surface area contributed by atoms with E-state index in [9.17, 15) is 0 Å². The summed E-state index contributed by atoms with van der Waals surface area (Å²) in [4.78, 5) is 10.3. The Morgan fingerprint density at radius 2 is 1.33 bits per heavy atom. The normalized spacial score (nSPS) is 16.5. The Bertz CT molecular complexity index is 2710. The van der Waals surface area contributed by atoms with Gasteiger partial charge in [0.05, 0.1) is 5.39 Å². The summed E-state index contributed by atoms with van der Waals surface area (Å²) in [6.07, 6.45) is 1.49. The van der Waals surface area contributed by atoms with E-state index >= 15 is 0 Å². The van der Waals surface area contributed by atoms with Gasteiger partial charge in [0.25, 0.3) is 0 Å². The van der Waals surface area contributed by atoms with E-state index in [1.807, 2.05) is 42.6 Å².